The van der Waals surface area contributed by atoms with Crippen molar-refractivity contribution < 1.29 is 9.53 Å². The summed E-state index contributed by atoms with van der Waals surface area (Å²) in [6, 6.07) is 6.48. The Bertz CT molecular complexity index is 467. The first-order chi connectivity index (χ1) is 8.75. The smallest absolute Gasteiger partial charge is 0.414 e. The Hall–Kier alpha value is -1.55. The molecule has 0 spiro atoms. The molecule has 0 saturated carbocycles. The number of nitrogens with one attached hydrogen (secondary N) is 1. The van der Waals surface area contributed by atoms with Crippen molar-refractivity contribution in [1.82, 2.24) is 5.32 Å². The molecule has 0 radical (unpaired) electrons. The van der Waals surface area contributed by atoms with Gasteiger partial charge in [-0.1, -0.05) is 17.7 Å². The van der Waals surface area contributed by atoms with Gasteiger partial charge in [0.2, 0.25) is 0 Å². The van der Waals surface area contributed by atoms with Crippen molar-refractivity contribution in [3.05, 3.63) is 29.3 Å². The van der Waals surface area contributed by atoms with E-state index in [2.05, 4.69) is 24.4 Å². The summed E-state index contributed by atoms with van der Waals surface area (Å²) in [4.78, 5) is 13.9. The number of amides is 1. The number of nitrogens with zero attached hydrogens (tertiary/aromatic N) is 1. The van der Waals surface area contributed by atoms with Crippen LogP contribution in [0.1, 0.15) is 24.0 Å². The maximum absolute atomic E-state index is 12.0. The van der Waals surface area contributed by atoms with E-state index in [4.69, 9.17) is 4.74 Å². The first-order valence-corrected chi connectivity index (χ1v) is 6.52. The summed E-state index contributed by atoms with van der Waals surface area (Å²) in [5.41, 5.74) is 3.36. The third-order valence-corrected chi connectivity index (χ3v) is 3.72. The Kier molecular flexibility index (Phi) is 2.96. The molecule has 2 aliphatic heterocycles. The molecular formula is C14H18N2O2. The van der Waals surface area contributed by atoms with Crippen molar-refractivity contribution in [3.8, 4) is 0 Å². The fourth-order valence-corrected chi connectivity index (χ4v) is 2.78. The van der Waals surface area contributed by atoms with Gasteiger partial charge in [-0.3, -0.25) is 4.90 Å². The molecule has 0 unspecified atom stereocenters. The monoisotopic (exact) mass is 246 g/mol. The lowest BCUT2D eigenvalue weighted by Crippen LogP contribution is -2.48. The highest BCUT2D eigenvalue weighted by Crippen LogP contribution is 2.31. The summed E-state index contributed by atoms with van der Waals surface area (Å²) in [7, 11) is 0. The molecule has 18 heavy (non-hydrogen) atoms. The first-order valence-electron chi connectivity index (χ1n) is 6.52. The molecule has 1 saturated heterocycles. The molecule has 0 bridgehead atoms. The SMILES string of the molecule is Cc1ccc2c(c1)COC(=O)N2C1CCNCC1. The highest BCUT2D eigenvalue weighted by molar-refractivity contribution is 5.91. The van der Waals surface area contributed by atoms with Crippen molar-refractivity contribution in [2.24, 2.45) is 0 Å². The van der Waals surface area contributed by atoms with Gasteiger partial charge in [0, 0.05) is 11.6 Å². The number of hydrogen-bond donors (Lipinski definition) is 1. The van der Waals surface area contributed by atoms with Crippen LogP contribution in [0.4, 0.5) is 10.5 Å². The third kappa shape index (κ3) is 1.97. The molecule has 4 heteroatoms. The molecule has 0 aromatic heterocycles. The maximum atomic E-state index is 12.0. The Balaban J connectivity index is 1.95. The number of ether oxygens (including phenoxy) is 1. The van der Waals surface area contributed by atoms with Crippen molar-refractivity contribution >= 4 is 11.8 Å². The van der Waals surface area contributed by atoms with Crippen LogP contribution in [0.5, 0.6) is 0 Å². The highest BCUT2D eigenvalue weighted by Gasteiger charge is 2.32. The van der Waals surface area contributed by atoms with Crippen LogP contribution in [0.15, 0.2) is 18.2 Å². The van der Waals surface area contributed by atoms with Crippen molar-refractivity contribution in [2.45, 2.75) is 32.4 Å². The number of carbonyl (C=O) groups excluding carboxylic acids is 1. The van der Waals surface area contributed by atoms with Gasteiger partial charge in [-0.2, -0.15) is 0 Å². The predicted molar refractivity (Wildman–Crippen MR) is 69.7 cm³/mol. The summed E-state index contributed by atoms with van der Waals surface area (Å²) >= 11 is 0. The molecule has 2 heterocycles. The van der Waals surface area contributed by atoms with E-state index in [0.29, 0.717) is 6.61 Å². The van der Waals surface area contributed by atoms with Crippen molar-refractivity contribution in [1.29, 1.82) is 0 Å². The number of rotatable bonds is 1. The molecule has 0 aliphatic carbocycles. The van der Waals surface area contributed by atoms with Crippen LogP contribution in [-0.2, 0) is 11.3 Å². The van der Waals surface area contributed by atoms with E-state index in [1.165, 1.54) is 5.56 Å². The molecule has 1 N–H and O–H groups in total. The highest BCUT2D eigenvalue weighted by atomic mass is 16.6. The molecule has 1 aromatic rings. The second-order valence-electron chi connectivity index (χ2n) is 5.04. The maximum Gasteiger partial charge on any atom is 0.414 e. The fraction of sp³-hybridized carbons (Fsp3) is 0.500. The topological polar surface area (TPSA) is 41.6 Å². The second-order valence-corrected chi connectivity index (χ2v) is 5.04. The Morgan fingerprint density at radius 2 is 2.11 bits per heavy atom. The van der Waals surface area contributed by atoms with Crippen LogP contribution >= 0.6 is 0 Å². The van der Waals surface area contributed by atoms with Gasteiger partial charge in [0.15, 0.2) is 0 Å². The summed E-state index contributed by atoms with van der Waals surface area (Å²) < 4.78 is 5.29. The van der Waals surface area contributed by atoms with E-state index < -0.39 is 0 Å². The molecule has 4 nitrogen and oxygen atoms in total. The lowest BCUT2D eigenvalue weighted by Gasteiger charge is -2.37. The summed E-state index contributed by atoms with van der Waals surface area (Å²) in [6.07, 6.45) is 1.78. The van der Waals surface area contributed by atoms with Gasteiger partial charge < -0.3 is 10.1 Å². The average molecular weight is 246 g/mol. The van der Waals surface area contributed by atoms with Crippen LogP contribution < -0.4 is 10.2 Å². The van der Waals surface area contributed by atoms with Crippen LogP contribution in [0.3, 0.4) is 0 Å². The molecular weight excluding hydrogens is 228 g/mol. The second kappa shape index (κ2) is 4.61. The van der Waals surface area contributed by atoms with Gasteiger partial charge in [0.05, 0.1) is 5.69 Å². The zero-order chi connectivity index (χ0) is 12.5. The number of hydrogen-bond acceptors (Lipinski definition) is 3. The zero-order valence-electron chi connectivity index (χ0n) is 10.6. The molecule has 1 amide bonds. The Morgan fingerprint density at radius 3 is 2.89 bits per heavy atom. The predicted octanol–water partition coefficient (Wildman–Crippen LogP) is 2.20. The van der Waals surface area contributed by atoms with E-state index in [1.807, 2.05) is 11.0 Å². The quantitative estimate of drug-likeness (QED) is 0.826. The van der Waals surface area contributed by atoms with Crippen LogP contribution in [0.25, 0.3) is 0 Å². The summed E-state index contributed by atoms with van der Waals surface area (Å²) in [6.45, 7) is 4.40. The van der Waals surface area contributed by atoms with Gasteiger partial charge in [0.1, 0.15) is 6.61 Å². The first kappa shape index (κ1) is 11.5. The van der Waals surface area contributed by atoms with Crippen LogP contribution in [0.2, 0.25) is 0 Å². The number of aryl methyl sites for hydroxylation is 1. The number of anilines is 1. The molecule has 3 rings (SSSR count). The number of piperidine rings is 1. The van der Waals surface area contributed by atoms with E-state index in [0.717, 1.165) is 37.2 Å². The normalized spacial score (nSPS) is 20.5. The number of fused-ring (bicyclic) bond motifs is 1. The minimum Gasteiger partial charge on any atom is -0.444 e. The van der Waals surface area contributed by atoms with Crippen LogP contribution in [-0.4, -0.2) is 25.2 Å². The fourth-order valence-electron chi connectivity index (χ4n) is 2.78. The van der Waals surface area contributed by atoms with E-state index in [-0.39, 0.29) is 12.1 Å². The van der Waals surface area contributed by atoms with Gasteiger partial charge in [0.25, 0.3) is 0 Å². The average Bonchev–Trinajstić information content (AvgIpc) is 2.40. The van der Waals surface area contributed by atoms with Gasteiger partial charge in [-0.05, 0) is 38.9 Å². The van der Waals surface area contributed by atoms with E-state index in [9.17, 15) is 4.79 Å². The Labute approximate surface area is 107 Å². The molecule has 2 aliphatic rings. The minimum atomic E-state index is -0.196. The molecule has 1 fully saturated rings. The standard InChI is InChI=1S/C14H18N2O2/c1-10-2-3-13-11(8-10)9-18-14(17)16(13)12-4-6-15-7-5-12/h2-3,8,12,15H,4-7,9H2,1H3. The number of carbonyl (C=O) groups is 1. The zero-order valence-corrected chi connectivity index (χ0v) is 10.6. The van der Waals surface area contributed by atoms with Gasteiger partial charge in [-0.25, -0.2) is 4.79 Å². The summed E-state index contributed by atoms with van der Waals surface area (Å²) in [5, 5.41) is 3.32. The van der Waals surface area contributed by atoms with Crippen LogP contribution in [0, 0.1) is 6.92 Å². The molecule has 0 atom stereocenters. The van der Waals surface area contributed by atoms with E-state index in [1.54, 1.807) is 0 Å². The largest absolute Gasteiger partial charge is 0.444 e. The van der Waals surface area contributed by atoms with Crippen molar-refractivity contribution in [2.75, 3.05) is 18.0 Å². The number of cyclic esters (lactones) is 1. The number of benzene rings is 1. The lowest BCUT2D eigenvalue weighted by atomic mass is 10.0. The third-order valence-electron chi connectivity index (χ3n) is 3.72. The Morgan fingerprint density at radius 1 is 1.33 bits per heavy atom. The summed E-state index contributed by atoms with van der Waals surface area (Å²) in [5.74, 6) is 0. The van der Waals surface area contributed by atoms with Gasteiger partial charge in [-0.15, -0.1) is 0 Å². The molecule has 96 valence electrons. The lowest BCUT2D eigenvalue weighted by molar-refractivity contribution is 0.137. The van der Waals surface area contributed by atoms with Gasteiger partial charge >= 0.3 is 6.09 Å². The van der Waals surface area contributed by atoms with Crippen molar-refractivity contribution in [3.63, 3.8) is 0 Å². The minimum absolute atomic E-state index is 0.196. The molecule has 1 aromatic carbocycles. The van der Waals surface area contributed by atoms with E-state index >= 15 is 0 Å².